The molecule has 3 aromatic rings. The first kappa shape index (κ1) is 25.6. The number of aromatic carboxylic acids is 1. The maximum Gasteiger partial charge on any atom is 0.355 e. The Bertz CT molecular complexity index is 1280. The number of aryl methyl sites for hydroxylation is 2. The van der Waals surface area contributed by atoms with Crippen LogP contribution in [-0.4, -0.2) is 45.5 Å². The fraction of sp³-hybridized carbons (Fsp3) is 0.357. The number of thiazole rings is 1. The molecule has 7 nitrogen and oxygen atoms in total. The number of amides is 1. The number of rotatable bonds is 11. The van der Waals surface area contributed by atoms with E-state index >= 15 is 0 Å². The van der Waals surface area contributed by atoms with E-state index in [9.17, 15) is 14.7 Å². The third-order valence-electron chi connectivity index (χ3n) is 6.59. The molecular formula is C28H31N3O4S. The van der Waals surface area contributed by atoms with Crippen LogP contribution in [0.25, 0.3) is 5.57 Å². The van der Waals surface area contributed by atoms with Crippen LogP contribution in [0.4, 0.5) is 0 Å². The standard InChI is InChI=1S/C28H31N3O4S/c1-18(2)21-9-5-7-20(15-21)8-6-14-31(17-24-30-25(26(32)33)19(3)36-24)27(34)28(12-13-28)23-11-10-22(35-4)16-29-23/h5,7,9-11,15-16H,1,6,8,12-14,17H2,2-4H3,(H,32,33). The van der Waals surface area contributed by atoms with Gasteiger partial charge in [-0.3, -0.25) is 9.78 Å². The van der Waals surface area contributed by atoms with Crippen LogP contribution < -0.4 is 4.74 Å². The van der Waals surface area contributed by atoms with E-state index in [4.69, 9.17) is 4.74 Å². The number of carboxylic acid groups (broad SMARTS) is 1. The highest BCUT2D eigenvalue weighted by atomic mass is 32.1. The van der Waals surface area contributed by atoms with E-state index in [0.29, 0.717) is 22.2 Å². The Kier molecular flexibility index (Phi) is 7.54. The van der Waals surface area contributed by atoms with Gasteiger partial charge in [-0.1, -0.05) is 36.4 Å². The van der Waals surface area contributed by atoms with Gasteiger partial charge in [0, 0.05) is 11.4 Å². The zero-order valence-corrected chi connectivity index (χ0v) is 21.7. The highest BCUT2D eigenvalue weighted by molar-refractivity contribution is 7.11. The molecule has 4 rings (SSSR count). The molecule has 1 N–H and O–H groups in total. The monoisotopic (exact) mass is 505 g/mol. The second-order valence-corrected chi connectivity index (χ2v) is 10.6. The molecule has 0 aliphatic heterocycles. The van der Waals surface area contributed by atoms with Gasteiger partial charge in [0.2, 0.25) is 5.91 Å². The maximum atomic E-state index is 13.9. The molecule has 0 saturated heterocycles. The van der Waals surface area contributed by atoms with Crippen LogP contribution in [0, 0.1) is 6.92 Å². The fourth-order valence-electron chi connectivity index (χ4n) is 4.39. The summed E-state index contributed by atoms with van der Waals surface area (Å²) in [6, 6.07) is 12.0. The number of ether oxygens (including phenoxy) is 1. The zero-order chi connectivity index (χ0) is 25.9. The molecule has 188 valence electrons. The number of pyridine rings is 1. The summed E-state index contributed by atoms with van der Waals surface area (Å²) >= 11 is 1.33. The second-order valence-electron chi connectivity index (χ2n) is 9.29. The van der Waals surface area contributed by atoms with Crippen LogP contribution in [0.2, 0.25) is 0 Å². The predicted octanol–water partition coefficient (Wildman–Crippen LogP) is 5.28. The highest BCUT2D eigenvalue weighted by Gasteiger charge is 2.54. The van der Waals surface area contributed by atoms with E-state index in [1.807, 2.05) is 36.1 Å². The van der Waals surface area contributed by atoms with Crippen LogP contribution >= 0.6 is 11.3 Å². The van der Waals surface area contributed by atoms with Crippen molar-refractivity contribution in [1.29, 1.82) is 0 Å². The Hall–Kier alpha value is -3.52. The lowest BCUT2D eigenvalue weighted by atomic mass is 9.98. The van der Waals surface area contributed by atoms with Gasteiger partial charge in [0.1, 0.15) is 10.8 Å². The number of methoxy groups -OCH3 is 1. The van der Waals surface area contributed by atoms with E-state index in [-0.39, 0.29) is 18.1 Å². The molecule has 1 fully saturated rings. The maximum absolute atomic E-state index is 13.9. The summed E-state index contributed by atoms with van der Waals surface area (Å²) in [5.74, 6) is -0.387. The summed E-state index contributed by atoms with van der Waals surface area (Å²) < 4.78 is 5.22. The van der Waals surface area contributed by atoms with Crippen molar-refractivity contribution in [2.45, 2.75) is 51.5 Å². The van der Waals surface area contributed by atoms with Gasteiger partial charge in [-0.2, -0.15) is 0 Å². The summed E-state index contributed by atoms with van der Waals surface area (Å²) in [7, 11) is 1.59. The smallest absolute Gasteiger partial charge is 0.355 e. The molecule has 1 saturated carbocycles. The van der Waals surface area contributed by atoms with Gasteiger partial charge in [0.25, 0.3) is 0 Å². The molecule has 2 aromatic heterocycles. The average molecular weight is 506 g/mol. The van der Waals surface area contributed by atoms with Crippen LogP contribution in [0.1, 0.15) is 63.4 Å². The zero-order valence-electron chi connectivity index (χ0n) is 20.9. The molecule has 2 heterocycles. The average Bonchev–Trinajstić information content (AvgIpc) is 3.60. The molecule has 0 spiro atoms. The van der Waals surface area contributed by atoms with E-state index in [1.54, 1.807) is 20.2 Å². The largest absolute Gasteiger partial charge is 0.495 e. The lowest BCUT2D eigenvalue weighted by molar-refractivity contribution is -0.134. The Balaban J connectivity index is 1.54. The molecule has 1 amide bonds. The van der Waals surface area contributed by atoms with Crippen molar-refractivity contribution in [3.8, 4) is 5.75 Å². The molecule has 1 aliphatic rings. The summed E-state index contributed by atoms with van der Waals surface area (Å²) in [6.07, 6.45) is 4.70. The van der Waals surface area contributed by atoms with Crippen LogP contribution in [0.15, 0.2) is 49.2 Å². The number of carbonyl (C=O) groups excluding carboxylic acids is 1. The lowest BCUT2D eigenvalue weighted by Crippen LogP contribution is -2.40. The van der Waals surface area contributed by atoms with Crippen LogP contribution in [0.5, 0.6) is 5.75 Å². The molecule has 8 heteroatoms. The van der Waals surface area contributed by atoms with Crippen LogP contribution in [-0.2, 0) is 23.2 Å². The van der Waals surface area contributed by atoms with Gasteiger partial charge >= 0.3 is 5.97 Å². The van der Waals surface area contributed by atoms with Crippen molar-refractivity contribution in [2.24, 2.45) is 0 Å². The fourth-order valence-corrected chi connectivity index (χ4v) is 5.33. The molecule has 1 aromatic carbocycles. The summed E-state index contributed by atoms with van der Waals surface area (Å²) in [5.41, 5.74) is 3.48. The van der Waals surface area contributed by atoms with E-state index in [1.165, 1.54) is 16.9 Å². The predicted molar refractivity (Wildman–Crippen MR) is 140 cm³/mol. The Morgan fingerprint density at radius 2 is 2.03 bits per heavy atom. The van der Waals surface area contributed by atoms with Crippen molar-refractivity contribution in [3.05, 3.63) is 81.6 Å². The first-order valence-electron chi connectivity index (χ1n) is 12.0. The van der Waals surface area contributed by atoms with E-state index in [0.717, 1.165) is 42.5 Å². The number of nitrogens with zero attached hydrogens (tertiary/aromatic N) is 3. The SMILES string of the molecule is C=C(C)c1cccc(CCCN(Cc2nc(C(=O)O)c(C)s2)C(=O)C2(c3ccc(OC)cn3)CC2)c1. The highest BCUT2D eigenvalue weighted by Crippen LogP contribution is 2.49. The third kappa shape index (κ3) is 5.49. The van der Waals surface area contributed by atoms with E-state index in [2.05, 4.69) is 28.7 Å². The minimum Gasteiger partial charge on any atom is -0.495 e. The Morgan fingerprint density at radius 1 is 1.25 bits per heavy atom. The number of carboxylic acids is 1. The van der Waals surface area contributed by atoms with Crippen molar-refractivity contribution in [1.82, 2.24) is 14.9 Å². The van der Waals surface area contributed by atoms with Gasteiger partial charge in [-0.05, 0) is 62.8 Å². The van der Waals surface area contributed by atoms with Crippen molar-refractivity contribution in [2.75, 3.05) is 13.7 Å². The first-order chi connectivity index (χ1) is 17.2. The summed E-state index contributed by atoms with van der Waals surface area (Å²) in [6.45, 7) is 8.58. The van der Waals surface area contributed by atoms with Gasteiger partial charge in [0.15, 0.2) is 5.69 Å². The Morgan fingerprint density at radius 3 is 2.61 bits per heavy atom. The molecule has 0 atom stereocenters. The summed E-state index contributed by atoms with van der Waals surface area (Å²) in [4.78, 5) is 36.7. The van der Waals surface area contributed by atoms with Gasteiger partial charge in [-0.25, -0.2) is 9.78 Å². The minimum absolute atomic E-state index is 0.0144. The van der Waals surface area contributed by atoms with Gasteiger partial charge < -0.3 is 14.7 Å². The molecule has 0 unspecified atom stereocenters. The summed E-state index contributed by atoms with van der Waals surface area (Å²) in [5, 5.41) is 10.0. The quantitative estimate of drug-likeness (QED) is 0.381. The molecule has 0 bridgehead atoms. The second kappa shape index (κ2) is 10.6. The molecule has 36 heavy (non-hydrogen) atoms. The van der Waals surface area contributed by atoms with Gasteiger partial charge in [-0.15, -0.1) is 11.3 Å². The number of allylic oxidation sites excluding steroid dienone is 1. The number of benzene rings is 1. The van der Waals surface area contributed by atoms with Crippen molar-refractivity contribution in [3.63, 3.8) is 0 Å². The van der Waals surface area contributed by atoms with Crippen molar-refractivity contribution < 1.29 is 19.4 Å². The van der Waals surface area contributed by atoms with E-state index < -0.39 is 11.4 Å². The molecule has 1 aliphatic carbocycles. The lowest BCUT2D eigenvalue weighted by Gasteiger charge is -2.27. The number of carbonyl (C=O) groups is 2. The van der Waals surface area contributed by atoms with Crippen molar-refractivity contribution >= 4 is 28.8 Å². The molecule has 0 radical (unpaired) electrons. The third-order valence-corrected chi connectivity index (χ3v) is 7.55. The number of hydrogen-bond acceptors (Lipinski definition) is 6. The molecular weight excluding hydrogens is 474 g/mol. The Labute approximate surface area is 215 Å². The van der Waals surface area contributed by atoms with Crippen LogP contribution in [0.3, 0.4) is 0 Å². The minimum atomic E-state index is -1.05. The number of hydrogen-bond donors (Lipinski definition) is 1. The topological polar surface area (TPSA) is 92.6 Å². The first-order valence-corrected chi connectivity index (χ1v) is 12.8. The number of aromatic nitrogens is 2. The van der Waals surface area contributed by atoms with Gasteiger partial charge in [0.05, 0.1) is 31.0 Å². The normalized spacial score (nSPS) is 13.8.